The number of pyridine rings is 1. The number of imidazole rings is 2. The van der Waals surface area contributed by atoms with Crippen LogP contribution in [-0.4, -0.2) is 66.0 Å². The van der Waals surface area contributed by atoms with E-state index in [1.165, 1.54) is 5.56 Å². The molecule has 10 heteroatoms. The molecule has 1 fully saturated rings. The van der Waals surface area contributed by atoms with Gasteiger partial charge in [0, 0.05) is 31.9 Å². The summed E-state index contributed by atoms with van der Waals surface area (Å²) in [5.41, 5.74) is 7.56. The zero-order valence-corrected chi connectivity index (χ0v) is 22.3. The maximum Gasteiger partial charge on any atom is 0.242 e. The smallest absolute Gasteiger partial charge is 0.242 e. The first-order chi connectivity index (χ1) is 17.8. The Hall–Kier alpha value is -3.79. The number of benzene rings is 1. The third-order valence-corrected chi connectivity index (χ3v) is 7.92. The molecular formula is C27H30N8OS. The summed E-state index contributed by atoms with van der Waals surface area (Å²) in [6.45, 7) is 11.1. The van der Waals surface area contributed by atoms with Crippen molar-refractivity contribution in [2.45, 2.75) is 45.7 Å². The Bertz CT molecular complexity index is 1590. The summed E-state index contributed by atoms with van der Waals surface area (Å²) < 4.78 is 1.82. The van der Waals surface area contributed by atoms with E-state index in [4.69, 9.17) is 4.98 Å². The second-order valence-electron chi connectivity index (χ2n) is 10.7. The van der Waals surface area contributed by atoms with Crippen LogP contribution in [0, 0.1) is 0 Å². The number of aromatic amines is 1. The predicted octanol–water partition coefficient (Wildman–Crippen LogP) is 4.47. The van der Waals surface area contributed by atoms with Gasteiger partial charge in [-0.1, -0.05) is 26.8 Å². The van der Waals surface area contributed by atoms with Gasteiger partial charge >= 0.3 is 0 Å². The molecule has 1 atom stereocenters. The fraction of sp³-hybridized carbons (Fsp3) is 0.370. The van der Waals surface area contributed by atoms with E-state index in [0.29, 0.717) is 6.54 Å². The number of H-pyrrole nitrogens is 1. The van der Waals surface area contributed by atoms with Crippen LogP contribution in [0.25, 0.3) is 33.7 Å². The number of piperazine rings is 1. The van der Waals surface area contributed by atoms with Crippen molar-refractivity contribution in [1.82, 2.24) is 34.4 Å². The molecule has 9 nitrogen and oxygen atoms in total. The van der Waals surface area contributed by atoms with Gasteiger partial charge in [0.25, 0.3) is 0 Å². The molecule has 1 N–H and O–H groups in total. The standard InChI is InChI=1S/C27H30N8OS/c1-17-13-33(10-11-35(17)22(36)14-34-15-29-20-6-5-9-28-25(20)34)26-23(30-16-37-26)24-31-19-8-7-18(27(2,3)4)12-21(19)32-24/h5-9,12,15-17H,10-11,13-14H2,1-4H3,(H,31,32). The zero-order valence-electron chi connectivity index (χ0n) is 21.5. The minimum absolute atomic E-state index is 0.0592. The number of nitrogens with zero attached hydrogens (tertiary/aromatic N) is 7. The number of fused-ring (bicyclic) bond motifs is 2. The zero-order chi connectivity index (χ0) is 25.7. The molecule has 190 valence electrons. The van der Waals surface area contributed by atoms with Gasteiger partial charge in [-0.3, -0.25) is 4.79 Å². The molecule has 1 aliphatic rings. The van der Waals surface area contributed by atoms with Gasteiger partial charge < -0.3 is 19.4 Å². The van der Waals surface area contributed by atoms with Gasteiger partial charge in [0.2, 0.25) is 5.91 Å². The number of rotatable bonds is 4. The first-order valence-corrected chi connectivity index (χ1v) is 13.4. The van der Waals surface area contributed by atoms with E-state index in [2.05, 4.69) is 70.7 Å². The molecule has 1 saturated heterocycles. The Kier molecular flexibility index (Phi) is 5.71. The van der Waals surface area contributed by atoms with Crippen molar-refractivity contribution in [3.63, 3.8) is 0 Å². The summed E-state index contributed by atoms with van der Waals surface area (Å²) in [4.78, 5) is 39.2. The molecule has 1 aromatic carbocycles. The monoisotopic (exact) mass is 514 g/mol. The summed E-state index contributed by atoms with van der Waals surface area (Å²) in [6.07, 6.45) is 3.42. The Morgan fingerprint density at radius 1 is 1.14 bits per heavy atom. The van der Waals surface area contributed by atoms with Crippen LogP contribution >= 0.6 is 11.3 Å². The summed E-state index contributed by atoms with van der Waals surface area (Å²) in [5.74, 6) is 0.858. The second-order valence-corrected chi connectivity index (χ2v) is 11.5. The summed E-state index contributed by atoms with van der Waals surface area (Å²) >= 11 is 1.62. The van der Waals surface area contributed by atoms with Crippen LogP contribution in [0.2, 0.25) is 0 Å². The Balaban J connectivity index is 1.19. The third-order valence-electron chi connectivity index (χ3n) is 7.04. The minimum atomic E-state index is 0.0592. The maximum atomic E-state index is 13.2. The van der Waals surface area contributed by atoms with Crippen molar-refractivity contribution in [3.8, 4) is 11.5 Å². The largest absolute Gasteiger partial charge is 0.358 e. The van der Waals surface area contributed by atoms with E-state index < -0.39 is 0 Å². The SMILES string of the molecule is CC1CN(c2scnc2-c2nc3ccc(C(C)(C)C)cc3[nH]2)CCN1C(=O)Cn1cnc2cccnc21. The number of anilines is 1. The van der Waals surface area contributed by atoms with E-state index in [9.17, 15) is 4.79 Å². The van der Waals surface area contributed by atoms with Crippen LogP contribution < -0.4 is 4.90 Å². The quantitative estimate of drug-likeness (QED) is 0.380. The van der Waals surface area contributed by atoms with Crippen molar-refractivity contribution in [2.24, 2.45) is 0 Å². The van der Waals surface area contributed by atoms with Crippen LogP contribution in [0.4, 0.5) is 5.00 Å². The first-order valence-electron chi connectivity index (χ1n) is 12.5. The van der Waals surface area contributed by atoms with Crippen molar-refractivity contribution >= 4 is 44.4 Å². The normalized spacial score (nSPS) is 16.7. The summed E-state index contributed by atoms with van der Waals surface area (Å²) in [6, 6.07) is 10.2. The number of aromatic nitrogens is 6. The molecule has 1 aliphatic heterocycles. The fourth-order valence-electron chi connectivity index (χ4n) is 4.98. The predicted molar refractivity (Wildman–Crippen MR) is 147 cm³/mol. The van der Waals surface area contributed by atoms with Gasteiger partial charge in [-0.15, -0.1) is 11.3 Å². The molecule has 5 heterocycles. The van der Waals surface area contributed by atoms with E-state index in [1.807, 2.05) is 27.1 Å². The average Bonchev–Trinajstić information content (AvgIpc) is 3.61. The number of hydrogen-bond acceptors (Lipinski definition) is 7. The highest BCUT2D eigenvalue weighted by Gasteiger charge is 2.30. The molecule has 0 saturated carbocycles. The van der Waals surface area contributed by atoms with Gasteiger partial charge in [0.1, 0.15) is 22.8 Å². The minimum Gasteiger partial charge on any atom is -0.358 e. The number of carbonyl (C=O) groups is 1. The molecule has 4 aromatic heterocycles. The highest BCUT2D eigenvalue weighted by molar-refractivity contribution is 7.14. The van der Waals surface area contributed by atoms with Crippen LogP contribution in [0.5, 0.6) is 0 Å². The molecule has 37 heavy (non-hydrogen) atoms. The lowest BCUT2D eigenvalue weighted by Gasteiger charge is -2.40. The van der Waals surface area contributed by atoms with Gasteiger partial charge in [-0.2, -0.15) is 0 Å². The second kappa shape index (κ2) is 8.95. The Morgan fingerprint density at radius 2 is 2.00 bits per heavy atom. The number of nitrogens with one attached hydrogen (secondary N) is 1. The maximum absolute atomic E-state index is 13.2. The molecule has 0 radical (unpaired) electrons. The van der Waals surface area contributed by atoms with Gasteiger partial charge in [-0.25, -0.2) is 19.9 Å². The molecular weight excluding hydrogens is 484 g/mol. The Morgan fingerprint density at radius 3 is 2.81 bits per heavy atom. The van der Waals surface area contributed by atoms with E-state index >= 15 is 0 Å². The third kappa shape index (κ3) is 4.35. The van der Waals surface area contributed by atoms with Gasteiger partial charge in [0.05, 0.1) is 22.9 Å². The number of amides is 1. The number of carbonyl (C=O) groups excluding carboxylic acids is 1. The van der Waals surface area contributed by atoms with Crippen molar-refractivity contribution in [2.75, 3.05) is 24.5 Å². The van der Waals surface area contributed by atoms with Crippen LogP contribution in [-0.2, 0) is 16.8 Å². The fourth-order valence-corrected chi connectivity index (χ4v) is 5.81. The molecule has 6 rings (SSSR count). The first kappa shape index (κ1) is 23.6. The Labute approximate surface area is 219 Å². The average molecular weight is 515 g/mol. The van der Waals surface area contributed by atoms with Crippen molar-refractivity contribution < 1.29 is 4.79 Å². The van der Waals surface area contributed by atoms with Crippen molar-refractivity contribution in [3.05, 3.63) is 53.9 Å². The summed E-state index contributed by atoms with van der Waals surface area (Å²) in [5, 5.41) is 1.08. The topological polar surface area (TPSA) is 95.8 Å². The van der Waals surface area contributed by atoms with Gasteiger partial charge in [0.15, 0.2) is 11.5 Å². The lowest BCUT2D eigenvalue weighted by Crippen LogP contribution is -2.54. The van der Waals surface area contributed by atoms with Crippen LogP contribution in [0.3, 0.4) is 0 Å². The molecule has 0 spiro atoms. The van der Waals surface area contributed by atoms with E-state index in [0.717, 1.165) is 51.8 Å². The summed E-state index contributed by atoms with van der Waals surface area (Å²) in [7, 11) is 0. The molecule has 5 aromatic rings. The highest BCUT2D eigenvalue weighted by atomic mass is 32.1. The highest BCUT2D eigenvalue weighted by Crippen LogP contribution is 2.35. The molecule has 1 amide bonds. The van der Waals surface area contributed by atoms with Crippen molar-refractivity contribution in [1.29, 1.82) is 0 Å². The van der Waals surface area contributed by atoms with E-state index in [1.54, 1.807) is 23.9 Å². The van der Waals surface area contributed by atoms with Crippen LogP contribution in [0.1, 0.15) is 33.3 Å². The lowest BCUT2D eigenvalue weighted by molar-refractivity contribution is -0.134. The van der Waals surface area contributed by atoms with Gasteiger partial charge in [-0.05, 0) is 42.2 Å². The molecule has 1 unspecified atom stereocenters. The molecule has 0 bridgehead atoms. The number of hydrogen-bond donors (Lipinski definition) is 1. The van der Waals surface area contributed by atoms with E-state index in [-0.39, 0.29) is 23.9 Å². The lowest BCUT2D eigenvalue weighted by atomic mass is 9.87. The number of thiazole rings is 1. The van der Waals surface area contributed by atoms with Crippen LogP contribution in [0.15, 0.2) is 48.4 Å². The molecule has 0 aliphatic carbocycles.